The largest absolute Gasteiger partial charge is 0.462 e. The fraction of sp³-hybridized carbons (Fsp3) is 0.208. The number of rotatable bonds is 3. The van der Waals surface area contributed by atoms with Gasteiger partial charge in [0.2, 0.25) is 0 Å². The minimum absolute atomic E-state index is 0.310. The highest BCUT2D eigenvalue weighted by Gasteiger charge is 2.49. The first kappa shape index (κ1) is 17.9. The van der Waals surface area contributed by atoms with Crippen LogP contribution in [0.5, 0.6) is 0 Å². The number of carbonyl (C=O) groups is 1. The molecule has 1 saturated heterocycles. The molecule has 5 rings (SSSR count). The molecule has 2 aliphatic heterocycles. The van der Waals surface area contributed by atoms with Crippen molar-refractivity contribution in [2.75, 3.05) is 24.7 Å². The lowest BCUT2D eigenvalue weighted by Gasteiger charge is -2.43. The van der Waals surface area contributed by atoms with Crippen LogP contribution in [-0.2, 0) is 24.9 Å². The van der Waals surface area contributed by atoms with Gasteiger partial charge < -0.3 is 14.2 Å². The van der Waals surface area contributed by atoms with Crippen LogP contribution in [0.4, 0.5) is 5.69 Å². The Morgan fingerprint density at radius 2 is 1.72 bits per heavy atom. The molecule has 0 aliphatic carbocycles. The molecule has 146 valence electrons. The minimum Gasteiger partial charge on any atom is -0.462 e. The third kappa shape index (κ3) is 2.74. The second kappa shape index (κ2) is 7.03. The lowest BCUT2D eigenvalue weighted by molar-refractivity contribution is -0.161. The first-order valence-corrected chi connectivity index (χ1v) is 9.78. The van der Waals surface area contributed by atoms with E-state index < -0.39 is 5.91 Å². The van der Waals surface area contributed by atoms with Crippen molar-refractivity contribution < 1.29 is 19.0 Å². The summed E-state index contributed by atoms with van der Waals surface area (Å²) in [5, 5.41) is 2.15. The summed E-state index contributed by atoms with van der Waals surface area (Å²) >= 11 is 0. The van der Waals surface area contributed by atoms with Gasteiger partial charge in [0, 0.05) is 22.7 Å². The zero-order valence-corrected chi connectivity index (χ0v) is 16.1. The maximum atomic E-state index is 12.8. The highest BCUT2D eigenvalue weighted by molar-refractivity contribution is 6.18. The molecule has 2 aliphatic rings. The average molecular weight is 387 g/mol. The number of fused-ring (bicyclic) bond motifs is 3. The van der Waals surface area contributed by atoms with Crippen molar-refractivity contribution in [3.8, 4) is 0 Å². The Bertz CT molecular complexity index is 1110. The molecule has 5 heteroatoms. The van der Waals surface area contributed by atoms with Crippen molar-refractivity contribution in [1.29, 1.82) is 0 Å². The number of carbonyl (C=O) groups excluding carboxylic acids is 1. The van der Waals surface area contributed by atoms with Crippen LogP contribution < -0.4 is 4.90 Å². The molecule has 3 aromatic carbocycles. The first-order chi connectivity index (χ1) is 14.2. The van der Waals surface area contributed by atoms with Crippen LogP contribution >= 0.6 is 0 Å². The van der Waals surface area contributed by atoms with Crippen molar-refractivity contribution in [2.45, 2.75) is 12.8 Å². The second-order valence-corrected chi connectivity index (χ2v) is 6.96. The number of anilines is 1. The molecule has 0 N–H and O–H groups in total. The molecule has 0 saturated carbocycles. The Balaban J connectivity index is 1.78. The van der Waals surface area contributed by atoms with Crippen LogP contribution in [0.1, 0.15) is 18.1 Å². The Morgan fingerprint density at radius 3 is 2.55 bits per heavy atom. The Labute approximate surface area is 169 Å². The van der Waals surface area contributed by atoms with E-state index in [0.717, 1.165) is 27.6 Å². The molecule has 0 atom stereocenters. The topological polar surface area (TPSA) is 48.0 Å². The van der Waals surface area contributed by atoms with Crippen molar-refractivity contribution in [3.05, 3.63) is 84.1 Å². The third-order valence-electron chi connectivity index (χ3n) is 5.33. The van der Waals surface area contributed by atoms with Gasteiger partial charge in [-0.25, -0.2) is 4.79 Å². The molecule has 1 fully saturated rings. The van der Waals surface area contributed by atoms with E-state index in [1.807, 2.05) is 53.4 Å². The predicted molar refractivity (Wildman–Crippen MR) is 111 cm³/mol. The normalized spacial score (nSPS) is 17.3. The predicted octanol–water partition coefficient (Wildman–Crippen LogP) is 4.42. The van der Waals surface area contributed by atoms with E-state index in [0.29, 0.717) is 25.4 Å². The second-order valence-electron chi connectivity index (χ2n) is 6.96. The Morgan fingerprint density at radius 1 is 1.00 bits per heavy atom. The quantitative estimate of drug-likeness (QED) is 0.623. The summed E-state index contributed by atoms with van der Waals surface area (Å²) in [5.41, 5.74) is 2.96. The van der Waals surface area contributed by atoms with E-state index in [9.17, 15) is 4.79 Å². The molecule has 0 radical (unpaired) electrons. The smallest absolute Gasteiger partial charge is 0.340 e. The van der Waals surface area contributed by atoms with Gasteiger partial charge in [0.25, 0.3) is 5.91 Å². The zero-order chi connectivity index (χ0) is 19.8. The number of nitrogens with zero attached hydrogens (tertiary/aromatic N) is 1. The third-order valence-corrected chi connectivity index (χ3v) is 5.33. The van der Waals surface area contributed by atoms with Crippen molar-refractivity contribution >= 4 is 28.0 Å². The first-order valence-electron chi connectivity index (χ1n) is 9.78. The fourth-order valence-corrected chi connectivity index (χ4v) is 4.12. The maximum absolute atomic E-state index is 12.8. The highest BCUT2D eigenvalue weighted by atomic mass is 16.8. The molecule has 0 amide bonds. The van der Waals surface area contributed by atoms with Gasteiger partial charge in [0.15, 0.2) is 0 Å². The van der Waals surface area contributed by atoms with Crippen LogP contribution in [0, 0.1) is 0 Å². The fourth-order valence-electron chi connectivity index (χ4n) is 4.12. The van der Waals surface area contributed by atoms with Gasteiger partial charge in [-0.05, 0) is 18.4 Å². The number of hydrogen-bond donors (Lipinski definition) is 0. The molecule has 0 unspecified atom stereocenters. The van der Waals surface area contributed by atoms with Gasteiger partial charge in [-0.3, -0.25) is 4.90 Å². The maximum Gasteiger partial charge on any atom is 0.340 e. The van der Waals surface area contributed by atoms with Gasteiger partial charge in [0.1, 0.15) is 0 Å². The van der Waals surface area contributed by atoms with E-state index in [2.05, 4.69) is 18.2 Å². The minimum atomic E-state index is -1.11. The molecular weight excluding hydrogens is 366 g/mol. The Kier molecular flexibility index (Phi) is 4.34. The summed E-state index contributed by atoms with van der Waals surface area (Å²) in [6.45, 7) is 3.06. The zero-order valence-electron chi connectivity index (χ0n) is 16.1. The summed E-state index contributed by atoms with van der Waals surface area (Å²) in [7, 11) is 0. The summed E-state index contributed by atoms with van der Waals surface area (Å²) in [6, 6.07) is 21.9. The van der Waals surface area contributed by atoms with Gasteiger partial charge in [0.05, 0.1) is 31.1 Å². The van der Waals surface area contributed by atoms with E-state index >= 15 is 0 Å². The number of ether oxygens (including phenoxy) is 3. The van der Waals surface area contributed by atoms with Crippen LogP contribution in [-0.4, -0.2) is 25.8 Å². The summed E-state index contributed by atoms with van der Waals surface area (Å²) in [5.74, 6) is -1.48. The number of hydrogen-bond acceptors (Lipinski definition) is 5. The number of esters is 1. The average Bonchev–Trinajstić information content (AvgIpc) is 3.24. The molecule has 5 nitrogen and oxygen atoms in total. The van der Waals surface area contributed by atoms with Gasteiger partial charge in [-0.2, -0.15) is 0 Å². The molecule has 0 aromatic heterocycles. The lowest BCUT2D eigenvalue weighted by atomic mass is 9.92. The standard InChI is InChI=1S/C24H21NO4/c1-2-27-23(26)20-16-25(22-13-7-9-17-8-3-4-10-18(17)22)24(28-14-15-29-24)21-12-6-5-11-19(20)21/h3-13,16H,2,14-15H2,1H3. The molecule has 3 aromatic rings. The number of benzene rings is 3. The van der Waals surface area contributed by atoms with Crippen molar-refractivity contribution in [3.63, 3.8) is 0 Å². The molecule has 29 heavy (non-hydrogen) atoms. The van der Waals surface area contributed by atoms with E-state index in [4.69, 9.17) is 14.2 Å². The van der Waals surface area contributed by atoms with Crippen LogP contribution in [0.3, 0.4) is 0 Å². The van der Waals surface area contributed by atoms with Crippen LogP contribution in [0.2, 0.25) is 0 Å². The molecule has 0 bridgehead atoms. The molecule has 1 spiro atoms. The highest BCUT2D eigenvalue weighted by Crippen LogP contribution is 2.47. The summed E-state index contributed by atoms with van der Waals surface area (Å²) in [4.78, 5) is 14.7. The lowest BCUT2D eigenvalue weighted by Crippen LogP contribution is -2.47. The molecular formula is C24H21NO4. The molecule has 2 heterocycles. The van der Waals surface area contributed by atoms with E-state index in [1.165, 1.54) is 0 Å². The summed E-state index contributed by atoms with van der Waals surface area (Å²) < 4.78 is 17.8. The van der Waals surface area contributed by atoms with Gasteiger partial charge in [-0.1, -0.05) is 60.7 Å². The Hall–Kier alpha value is -3.15. The summed E-state index contributed by atoms with van der Waals surface area (Å²) in [6.07, 6.45) is 1.80. The van der Waals surface area contributed by atoms with E-state index in [1.54, 1.807) is 13.1 Å². The van der Waals surface area contributed by atoms with Crippen LogP contribution in [0.15, 0.2) is 72.9 Å². The SMILES string of the molecule is CCOC(=O)C1=CN(c2cccc3ccccc23)C2(OCCO2)c2ccccc21. The van der Waals surface area contributed by atoms with E-state index in [-0.39, 0.29) is 5.97 Å². The van der Waals surface area contributed by atoms with Gasteiger partial charge in [-0.15, -0.1) is 0 Å². The van der Waals surface area contributed by atoms with Crippen molar-refractivity contribution in [2.24, 2.45) is 0 Å². The van der Waals surface area contributed by atoms with Crippen molar-refractivity contribution in [1.82, 2.24) is 0 Å². The monoisotopic (exact) mass is 387 g/mol. The van der Waals surface area contributed by atoms with Crippen LogP contribution in [0.25, 0.3) is 16.3 Å². The van der Waals surface area contributed by atoms with Gasteiger partial charge >= 0.3 is 5.97 Å².